The molecular weight excluding hydrogens is 278 g/mol. The lowest BCUT2D eigenvalue weighted by atomic mass is 9.62. The standard InChI is InChI=1S/C17H23N3O2/c1-16(2,12-7-8-14(21)20(5)11-12)17(3,4)13-9-18-15(22-6)19-10-13/h7-11H,1-6H3. The summed E-state index contributed by atoms with van der Waals surface area (Å²) in [4.78, 5) is 20.0. The van der Waals surface area contributed by atoms with Gasteiger partial charge in [0.15, 0.2) is 0 Å². The lowest BCUT2D eigenvalue weighted by Crippen LogP contribution is -2.41. The first-order chi connectivity index (χ1) is 10.2. The Labute approximate surface area is 131 Å². The SMILES string of the molecule is COc1ncc(C(C)(C)C(C)(C)c2ccc(=O)n(C)c2)cn1. The van der Waals surface area contributed by atoms with Gasteiger partial charge in [-0.25, -0.2) is 9.97 Å². The van der Waals surface area contributed by atoms with Gasteiger partial charge in [-0.3, -0.25) is 4.79 Å². The molecule has 5 nitrogen and oxygen atoms in total. The van der Waals surface area contributed by atoms with Crippen molar-refractivity contribution < 1.29 is 4.74 Å². The van der Waals surface area contributed by atoms with Gasteiger partial charge in [-0.15, -0.1) is 0 Å². The highest BCUT2D eigenvalue weighted by atomic mass is 16.5. The van der Waals surface area contributed by atoms with E-state index < -0.39 is 0 Å². The molecule has 0 unspecified atom stereocenters. The number of aryl methyl sites for hydroxylation is 1. The molecule has 0 N–H and O–H groups in total. The summed E-state index contributed by atoms with van der Waals surface area (Å²) in [6, 6.07) is 3.87. The van der Waals surface area contributed by atoms with Gasteiger partial charge in [-0.05, 0) is 11.1 Å². The van der Waals surface area contributed by atoms with Crippen LogP contribution in [0.5, 0.6) is 6.01 Å². The highest BCUT2D eigenvalue weighted by Crippen LogP contribution is 2.43. The first-order valence-electron chi connectivity index (χ1n) is 7.24. The summed E-state index contributed by atoms with van der Waals surface area (Å²) in [5.41, 5.74) is 1.67. The molecule has 0 spiro atoms. The average molecular weight is 301 g/mol. The average Bonchev–Trinajstić information content (AvgIpc) is 2.49. The van der Waals surface area contributed by atoms with E-state index in [9.17, 15) is 4.79 Å². The third-order valence-corrected chi connectivity index (χ3v) is 4.90. The summed E-state index contributed by atoms with van der Waals surface area (Å²) < 4.78 is 6.63. The van der Waals surface area contributed by atoms with Crippen molar-refractivity contribution in [2.75, 3.05) is 7.11 Å². The minimum atomic E-state index is -0.226. The summed E-state index contributed by atoms with van der Waals surface area (Å²) in [7, 11) is 3.32. The maximum Gasteiger partial charge on any atom is 0.316 e. The molecule has 0 aromatic carbocycles. The number of nitrogens with zero attached hydrogens (tertiary/aromatic N) is 3. The van der Waals surface area contributed by atoms with Crippen molar-refractivity contribution in [3.05, 3.63) is 52.2 Å². The fraction of sp³-hybridized carbons (Fsp3) is 0.471. The molecule has 0 saturated heterocycles. The molecule has 0 aliphatic heterocycles. The monoisotopic (exact) mass is 301 g/mol. The van der Waals surface area contributed by atoms with Gasteiger partial charge in [0.05, 0.1) is 7.11 Å². The van der Waals surface area contributed by atoms with Crippen LogP contribution in [0.2, 0.25) is 0 Å². The van der Waals surface area contributed by atoms with Crippen molar-refractivity contribution in [2.45, 2.75) is 38.5 Å². The Hall–Kier alpha value is -2.17. The smallest absolute Gasteiger partial charge is 0.316 e. The summed E-state index contributed by atoms with van der Waals surface area (Å²) >= 11 is 0. The zero-order valence-corrected chi connectivity index (χ0v) is 14.0. The van der Waals surface area contributed by atoms with Crippen LogP contribution in [0.15, 0.2) is 35.5 Å². The van der Waals surface area contributed by atoms with E-state index in [1.54, 1.807) is 37.2 Å². The lowest BCUT2D eigenvalue weighted by molar-refractivity contribution is 0.297. The lowest BCUT2D eigenvalue weighted by Gasteiger charge is -2.42. The van der Waals surface area contributed by atoms with Crippen molar-refractivity contribution in [3.63, 3.8) is 0 Å². The second-order valence-corrected chi connectivity index (χ2v) is 6.58. The highest BCUT2D eigenvalue weighted by molar-refractivity contribution is 5.33. The van der Waals surface area contributed by atoms with Gasteiger partial charge in [0.1, 0.15) is 0 Å². The molecule has 2 rings (SSSR count). The number of ether oxygens (including phenoxy) is 1. The van der Waals surface area contributed by atoms with E-state index >= 15 is 0 Å². The normalized spacial score (nSPS) is 12.3. The zero-order chi connectivity index (χ0) is 16.5. The highest BCUT2D eigenvalue weighted by Gasteiger charge is 2.40. The number of rotatable bonds is 4. The van der Waals surface area contributed by atoms with Gasteiger partial charge >= 0.3 is 6.01 Å². The Morgan fingerprint density at radius 3 is 2.05 bits per heavy atom. The molecule has 0 aliphatic rings. The van der Waals surface area contributed by atoms with Crippen molar-refractivity contribution in [3.8, 4) is 6.01 Å². The maximum atomic E-state index is 11.6. The topological polar surface area (TPSA) is 57.0 Å². The number of hydrogen-bond donors (Lipinski definition) is 0. The van der Waals surface area contributed by atoms with Crippen LogP contribution in [0.1, 0.15) is 38.8 Å². The van der Waals surface area contributed by atoms with Gasteiger partial charge < -0.3 is 9.30 Å². The summed E-state index contributed by atoms with van der Waals surface area (Å²) in [5, 5.41) is 0. The first kappa shape index (κ1) is 16.2. The molecule has 0 atom stereocenters. The molecule has 0 fully saturated rings. The van der Waals surface area contributed by atoms with Crippen molar-refractivity contribution in [2.24, 2.45) is 7.05 Å². The number of methoxy groups -OCH3 is 1. The molecule has 118 valence electrons. The molecule has 2 aromatic rings. The van der Waals surface area contributed by atoms with Crippen LogP contribution in [0.3, 0.4) is 0 Å². The molecule has 5 heteroatoms. The van der Waals surface area contributed by atoms with Gasteiger partial charge in [-0.1, -0.05) is 33.8 Å². The Morgan fingerprint density at radius 1 is 1.00 bits per heavy atom. The molecular formula is C17H23N3O2. The predicted molar refractivity (Wildman–Crippen MR) is 86.3 cm³/mol. The summed E-state index contributed by atoms with van der Waals surface area (Å²) in [6.07, 6.45) is 5.50. The molecule has 2 aromatic heterocycles. The Kier molecular flexibility index (Phi) is 4.09. The quantitative estimate of drug-likeness (QED) is 0.870. The third-order valence-electron chi connectivity index (χ3n) is 4.90. The Morgan fingerprint density at radius 2 is 1.55 bits per heavy atom. The predicted octanol–water partition coefficient (Wildman–Crippen LogP) is 2.44. The number of aromatic nitrogens is 3. The number of pyridine rings is 1. The largest absolute Gasteiger partial charge is 0.467 e. The summed E-state index contributed by atoms with van der Waals surface area (Å²) in [6.45, 7) is 8.64. The van der Waals surface area contributed by atoms with Gasteiger partial charge in [-0.2, -0.15) is 0 Å². The van der Waals surface area contributed by atoms with Crippen LogP contribution < -0.4 is 10.3 Å². The van der Waals surface area contributed by atoms with E-state index in [1.165, 1.54) is 0 Å². The van der Waals surface area contributed by atoms with Crippen LogP contribution in [0.25, 0.3) is 0 Å². The number of hydrogen-bond acceptors (Lipinski definition) is 4. The Balaban J connectivity index is 2.48. The van der Waals surface area contributed by atoms with Crippen molar-refractivity contribution in [1.29, 1.82) is 0 Å². The van der Waals surface area contributed by atoms with E-state index in [1.807, 2.05) is 12.3 Å². The molecule has 0 aliphatic carbocycles. The molecule has 2 heterocycles. The van der Waals surface area contributed by atoms with Gasteiger partial charge in [0.2, 0.25) is 5.56 Å². The zero-order valence-electron chi connectivity index (χ0n) is 14.0. The van der Waals surface area contributed by atoms with Crippen LogP contribution in [0, 0.1) is 0 Å². The van der Waals surface area contributed by atoms with Crippen LogP contribution >= 0.6 is 0 Å². The fourth-order valence-electron chi connectivity index (χ4n) is 2.43. The molecule has 0 radical (unpaired) electrons. The fourth-order valence-corrected chi connectivity index (χ4v) is 2.43. The minimum Gasteiger partial charge on any atom is -0.467 e. The molecule has 0 saturated carbocycles. The van der Waals surface area contributed by atoms with Gasteiger partial charge in [0.25, 0.3) is 0 Å². The van der Waals surface area contributed by atoms with E-state index in [0.717, 1.165) is 11.1 Å². The van der Waals surface area contributed by atoms with E-state index in [0.29, 0.717) is 6.01 Å². The van der Waals surface area contributed by atoms with Crippen molar-refractivity contribution in [1.82, 2.24) is 14.5 Å². The first-order valence-corrected chi connectivity index (χ1v) is 7.24. The maximum absolute atomic E-state index is 11.6. The minimum absolute atomic E-state index is 0.00913. The third kappa shape index (κ3) is 2.63. The van der Waals surface area contributed by atoms with Crippen LogP contribution in [0.4, 0.5) is 0 Å². The second-order valence-electron chi connectivity index (χ2n) is 6.58. The second kappa shape index (κ2) is 5.55. The molecule has 22 heavy (non-hydrogen) atoms. The van der Waals surface area contributed by atoms with Gasteiger partial charge in [0, 0.05) is 42.5 Å². The Bertz CT molecular complexity index is 715. The van der Waals surface area contributed by atoms with Crippen molar-refractivity contribution >= 4 is 0 Å². The van der Waals surface area contributed by atoms with E-state index in [2.05, 4.69) is 37.7 Å². The van der Waals surface area contributed by atoms with Crippen LogP contribution in [-0.2, 0) is 17.9 Å². The molecule has 0 bridgehead atoms. The molecule has 0 amide bonds. The van der Waals surface area contributed by atoms with E-state index in [-0.39, 0.29) is 16.4 Å². The van der Waals surface area contributed by atoms with Crippen LogP contribution in [-0.4, -0.2) is 21.6 Å². The van der Waals surface area contributed by atoms with E-state index in [4.69, 9.17) is 4.74 Å². The summed E-state index contributed by atoms with van der Waals surface area (Å²) in [5.74, 6) is 0.